The molecule has 1 aromatic heterocycles. The lowest BCUT2D eigenvalue weighted by Gasteiger charge is -2.17. The number of nitrogens with one attached hydrogen (secondary N) is 1. The molecule has 128 valence electrons. The number of pyridine rings is 1. The summed E-state index contributed by atoms with van der Waals surface area (Å²) in [6.07, 6.45) is -3.25. The molecule has 1 atom stereocenters. The van der Waals surface area contributed by atoms with Gasteiger partial charge in [0.15, 0.2) is 0 Å². The van der Waals surface area contributed by atoms with Crippen LogP contribution in [0.1, 0.15) is 22.1 Å². The molecule has 1 amide bonds. The Hall–Kier alpha value is -2.61. The number of hydrogen-bond donors (Lipinski definition) is 1. The van der Waals surface area contributed by atoms with Gasteiger partial charge in [0.25, 0.3) is 5.91 Å². The van der Waals surface area contributed by atoms with E-state index in [2.05, 4.69) is 15.0 Å². The predicted molar refractivity (Wildman–Crippen MR) is 79.4 cm³/mol. The highest BCUT2D eigenvalue weighted by molar-refractivity contribution is 5.94. The summed E-state index contributed by atoms with van der Waals surface area (Å²) in [5.41, 5.74) is 0.615. The third-order valence-electron chi connectivity index (χ3n) is 3.01. The van der Waals surface area contributed by atoms with Crippen LogP contribution < -0.4 is 10.1 Å². The molecule has 8 heteroatoms. The molecule has 1 unspecified atom stereocenters. The maximum atomic E-state index is 12.3. The molecule has 0 aliphatic heterocycles. The van der Waals surface area contributed by atoms with E-state index in [9.17, 15) is 18.0 Å². The van der Waals surface area contributed by atoms with Crippen molar-refractivity contribution in [3.8, 4) is 5.75 Å². The van der Waals surface area contributed by atoms with Crippen LogP contribution in [0.5, 0.6) is 5.75 Å². The van der Waals surface area contributed by atoms with Crippen LogP contribution in [-0.4, -0.2) is 31.0 Å². The molecule has 0 saturated heterocycles. The summed E-state index contributed by atoms with van der Waals surface area (Å²) >= 11 is 0. The number of nitrogens with zero attached hydrogens (tertiary/aromatic N) is 1. The summed E-state index contributed by atoms with van der Waals surface area (Å²) in [5.74, 6) is -1.02. The van der Waals surface area contributed by atoms with E-state index in [0.717, 1.165) is 12.1 Å². The number of hydrogen-bond acceptors (Lipinski definition) is 4. The summed E-state index contributed by atoms with van der Waals surface area (Å²) in [6, 6.07) is 9.51. The van der Waals surface area contributed by atoms with Crippen LogP contribution in [0.4, 0.5) is 13.2 Å². The van der Waals surface area contributed by atoms with Crippen molar-refractivity contribution in [1.82, 2.24) is 10.3 Å². The molecule has 0 aliphatic carbocycles. The lowest BCUT2D eigenvalue weighted by Crippen LogP contribution is -2.32. The van der Waals surface area contributed by atoms with Crippen LogP contribution in [0.25, 0.3) is 0 Å². The third kappa shape index (κ3) is 5.24. The van der Waals surface area contributed by atoms with Gasteiger partial charge in [0, 0.05) is 18.9 Å². The summed E-state index contributed by atoms with van der Waals surface area (Å²) < 4.78 is 45.6. The molecule has 0 saturated carbocycles. The predicted octanol–water partition coefficient (Wildman–Crippen LogP) is 3.10. The molecule has 0 radical (unpaired) electrons. The number of rotatable bonds is 6. The van der Waals surface area contributed by atoms with E-state index in [4.69, 9.17) is 4.74 Å². The molecule has 0 bridgehead atoms. The first-order valence-corrected chi connectivity index (χ1v) is 6.95. The minimum absolute atomic E-state index is 0.0359. The highest BCUT2D eigenvalue weighted by Gasteiger charge is 2.31. The second-order valence-electron chi connectivity index (χ2n) is 4.81. The van der Waals surface area contributed by atoms with E-state index < -0.39 is 24.1 Å². The van der Waals surface area contributed by atoms with Crippen LogP contribution >= 0.6 is 0 Å². The molecular weight excluding hydrogens is 325 g/mol. The topological polar surface area (TPSA) is 60.5 Å². The highest BCUT2D eigenvalue weighted by Crippen LogP contribution is 2.23. The maximum absolute atomic E-state index is 12.3. The zero-order valence-corrected chi connectivity index (χ0v) is 12.7. The fourth-order valence-electron chi connectivity index (χ4n) is 2.03. The Labute approximate surface area is 136 Å². The van der Waals surface area contributed by atoms with Crippen molar-refractivity contribution in [3.63, 3.8) is 0 Å². The average molecular weight is 340 g/mol. The van der Waals surface area contributed by atoms with E-state index >= 15 is 0 Å². The van der Waals surface area contributed by atoms with Crippen LogP contribution in [0.15, 0.2) is 48.7 Å². The van der Waals surface area contributed by atoms with Gasteiger partial charge in [0.1, 0.15) is 5.75 Å². The van der Waals surface area contributed by atoms with Crippen molar-refractivity contribution >= 4 is 5.91 Å². The first-order valence-electron chi connectivity index (χ1n) is 6.95. The third-order valence-corrected chi connectivity index (χ3v) is 3.01. The minimum atomic E-state index is -4.82. The van der Waals surface area contributed by atoms with Gasteiger partial charge in [-0.1, -0.05) is 12.1 Å². The summed E-state index contributed by atoms with van der Waals surface area (Å²) in [5, 5.41) is 2.68. The molecule has 1 N–H and O–H groups in total. The fourth-order valence-corrected chi connectivity index (χ4v) is 2.03. The van der Waals surface area contributed by atoms with Gasteiger partial charge in [-0.3, -0.25) is 9.78 Å². The van der Waals surface area contributed by atoms with Crippen molar-refractivity contribution in [2.24, 2.45) is 0 Å². The molecule has 2 aromatic rings. The van der Waals surface area contributed by atoms with E-state index in [-0.39, 0.29) is 12.2 Å². The monoisotopic (exact) mass is 340 g/mol. The van der Waals surface area contributed by atoms with E-state index in [1.165, 1.54) is 19.2 Å². The Bertz CT molecular complexity index is 678. The number of alkyl halides is 3. The van der Waals surface area contributed by atoms with Crippen molar-refractivity contribution < 1.29 is 27.4 Å². The lowest BCUT2D eigenvalue weighted by atomic mass is 10.1. The van der Waals surface area contributed by atoms with Crippen molar-refractivity contribution in [2.75, 3.05) is 13.7 Å². The highest BCUT2D eigenvalue weighted by atomic mass is 19.4. The number of methoxy groups -OCH3 is 1. The number of carbonyl (C=O) groups excluding carboxylic acids is 1. The van der Waals surface area contributed by atoms with Gasteiger partial charge in [0.05, 0.1) is 18.3 Å². The van der Waals surface area contributed by atoms with Crippen molar-refractivity contribution in [1.29, 1.82) is 0 Å². The second kappa shape index (κ2) is 7.78. The number of aromatic nitrogens is 1. The number of amides is 1. The summed E-state index contributed by atoms with van der Waals surface area (Å²) in [4.78, 5) is 16.4. The van der Waals surface area contributed by atoms with Gasteiger partial charge in [-0.2, -0.15) is 0 Å². The molecule has 5 nitrogen and oxygen atoms in total. The SMILES string of the molecule is COCC(NC(=O)c1cccc(OC(F)(F)F)c1)c1ccccn1. The number of ether oxygens (including phenoxy) is 2. The Morgan fingerprint density at radius 1 is 1.25 bits per heavy atom. The van der Waals surface area contributed by atoms with Gasteiger partial charge in [-0.25, -0.2) is 0 Å². The molecule has 0 fully saturated rings. The van der Waals surface area contributed by atoms with Gasteiger partial charge in [-0.05, 0) is 30.3 Å². The smallest absolute Gasteiger partial charge is 0.406 e. The largest absolute Gasteiger partial charge is 0.573 e. The van der Waals surface area contributed by atoms with E-state index in [1.54, 1.807) is 24.4 Å². The average Bonchev–Trinajstić information content (AvgIpc) is 2.54. The quantitative estimate of drug-likeness (QED) is 0.878. The zero-order valence-electron chi connectivity index (χ0n) is 12.7. The normalized spacial score (nSPS) is 12.5. The van der Waals surface area contributed by atoms with Gasteiger partial charge >= 0.3 is 6.36 Å². The maximum Gasteiger partial charge on any atom is 0.573 e. The summed E-state index contributed by atoms with van der Waals surface area (Å²) in [7, 11) is 1.47. The standard InChI is InChI=1S/C16H15F3N2O3/c1-23-10-14(13-7-2-3-8-20-13)21-15(22)11-5-4-6-12(9-11)24-16(17,18)19/h2-9,14H,10H2,1H3,(H,21,22). The zero-order chi connectivity index (χ0) is 17.6. The molecule has 0 spiro atoms. The van der Waals surface area contributed by atoms with Crippen LogP contribution in [0.2, 0.25) is 0 Å². The van der Waals surface area contributed by atoms with Crippen molar-refractivity contribution in [3.05, 3.63) is 59.9 Å². The molecule has 1 aromatic carbocycles. The lowest BCUT2D eigenvalue weighted by molar-refractivity contribution is -0.274. The Morgan fingerprint density at radius 3 is 2.67 bits per heavy atom. The van der Waals surface area contributed by atoms with Crippen molar-refractivity contribution in [2.45, 2.75) is 12.4 Å². The number of benzene rings is 1. The van der Waals surface area contributed by atoms with Gasteiger partial charge < -0.3 is 14.8 Å². The van der Waals surface area contributed by atoms with Gasteiger partial charge in [0.2, 0.25) is 0 Å². The molecule has 1 heterocycles. The first-order chi connectivity index (χ1) is 11.4. The fraction of sp³-hybridized carbons (Fsp3) is 0.250. The number of halogens is 3. The van der Waals surface area contributed by atoms with Gasteiger partial charge in [-0.15, -0.1) is 13.2 Å². The Balaban J connectivity index is 2.14. The minimum Gasteiger partial charge on any atom is -0.406 e. The van der Waals surface area contributed by atoms with Crippen LogP contribution in [0.3, 0.4) is 0 Å². The number of carbonyl (C=O) groups is 1. The van der Waals surface area contributed by atoms with Crippen LogP contribution in [-0.2, 0) is 4.74 Å². The van der Waals surface area contributed by atoms with E-state index in [0.29, 0.717) is 5.69 Å². The molecule has 24 heavy (non-hydrogen) atoms. The second-order valence-corrected chi connectivity index (χ2v) is 4.81. The molecule has 0 aliphatic rings. The molecule has 2 rings (SSSR count). The molecular formula is C16H15F3N2O3. The Morgan fingerprint density at radius 2 is 2.04 bits per heavy atom. The summed E-state index contributed by atoms with van der Waals surface area (Å²) in [6.45, 7) is 0.168. The Kier molecular flexibility index (Phi) is 5.75. The van der Waals surface area contributed by atoms with Crippen LogP contribution in [0, 0.1) is 0 Å². The van der Waals surface area contributed by atoms with E-state index in [1.807, 2.05) is 0 Å². The first kappa shape index (κ1) is 17.7.